The third kappa shape index (κ3) is 4.44. The Morgan fingerprint density at radius 3 is 2.87 bits per heavy atom. The van der Waals surface area contributed by atoms with Crippen LogP contribution in [0.25, 0.3) is 0 Å². The van der Waals surface area contributed by atoms with Crippen LogP contribution in [0.3, 0.4) is 0 Å². The average Bonchev–Trinajstić information content (AvgIpc) is 2.66. The second-order valence-corrected chi connectivity index (χ2v) is 3.92. The van der Waals surface area contributed by atoms with Crippen LogP contribution < -0.4 is 5.32 Å². The van der Waals surface area contributed by atoms with Crippen molar-refractivity contribution in [2.75, 3.05) is 26.8 Å². The number of rotatable bonds is 7. The number of methoxy groups -OCH3 is 1. The first kappa shape index (κ1) is 12.2. The zero-order chi connectivity index (χ0) is 11.1. The minimum absolute atomic E-state index is 0.445. The lowest BCUT2D eigenvalue weighted by Crippen LogP contribution is -2.21. The second kappa shape index (κ2) is 6.58. The summed E-state index contributed by atoms with van der Waals surface area (Å²) in [6, 6.07) is 0.445. The maximum Gasteiger partial charge on any atom is 0.0587 e. The largest absolute Gasteiger partial charge is 0.383 e. The van der Waals surface area contributed by atoms with Crippen LogP contribution in [0.15, 0.2) is 12.4 Å². The van der Waals surface area contributed by atoms with E-state index in [1.54, 1.807) is 7.11 Å². The van der Waals surface area contributed by atoms with E-state index in [0.29, 0.717) is 6.04 Å². The molecule has 1 aromatic rings. The van der Waals surface area contributed by atoms with Crippen LogP contribution in [-0.4, -0.2) is 36.6 Å². The summed E-state index contributed by atoms with van der Waals surface area (Å²) in [4.78, 5) is 0. The van der Waals surface area contributed by atoms with Gasteiger partial charge in [0.1, 0.15) is 0 Å². The Morgan fingerprint density at radius 1 is 1.47 bits per heavy atom. The van der Waals surface area contributed by atoms with Crippen molar-refractivity contribution in [3.05, 3.63) is 18.0 Å². The third-order valence-corrected chi connectivity index (χ3v) is 2.26. The van der Waals surface area contributed by atoms with Crippen LogP contribution in [0.1, 0.15) is 25.5 Å². The van der Waals surface area contributed by atoms with E-state index in [4.69, 9.17) is 4.74 Å². The van der Waals surface area contributed by atoms with Crippen LogP contribution in [0, 0.1) is 0 Å². The monoisotopic (exact) mass is 211 g/mol. The quantitative estimate of drug-likeness (QED) is 0.690. The van der Waals surface area contributed by atoms with Gasteiger partial charge in [0.15, 0.2) is 0 Å². The van der Waals surface area contributed by atoms with E-state index in [-0.39, 0.29) is 0 Å². The molecule has 1 rings (SSSR count). The van der Waals surface area contributed by atoms with Crippen LogP contribution in [-0.2, 0) is 11.2 Å². The maximum atomic E-state index is 4.95. The summed E-state index contributed by atoms with van der Waals surface area (Å²) in [5, 5.41) is 7.61. The van der Waals surface area contributed by atoms with Crippen molar-refractivity contribution < 1.29 is 4.74 Å². The van der Waals surface area contributed by atoms with E-state index < -0.39 is 0 Å². The Kier molecular flexibility index (Phi) is 5.36. The molecule has 0 unspecified atom stereocenters. The van der Waals surface area contributed by atoms with E-state index in [9.17, 15) is 0 Å². The summed E-state index contributed by atoms with van der Waals surface area (Å²) in [7, 11) is 1.72. The zero-order valence-electron chi connectivity index (χ0n) is 9.86. The van der Waals surface area contributed by atoms with E-state index in [1.807, 2.05) is 10.9 Å². The van der Waals surface area contributed by atoms with Crippen molar-refractivity contribution in [2.24, 2.45) is 0 Å². The van der Waals surface area contributed by atoms with Crippen molar-refractivity contribution in [1.29, 1.82) is 0 Å². The predicted octanol–water partition coefficient (Wildman–Crippen LogP) is 1.24. The van der Waals surface area contributed by atoms with Gasteiger partial charge in [-0.3, -0.25) is 4.68 Å². The summed E-state index contributed by atoms with van der Waals surface area (Å²) in [5.74, 6) is 0. The van der Waals surface area contributed by atoms with Gasteiger partial charge in [-0.15, -0.1) is 0 Å². The topological polar surface area (TPSA) is 39.1 Å². The molecule has 0 saturated carbocycles. The Hall–Kier alpha value is -0.870. The zero-order valence-corrected chi connectivity index (χ0v) is 9.86. The molecule has 0 aliphatic carbocycles. The molecule has 1 heterocycles. The first-order valence-electron chi connectivity index (χ1n) is 5.46. The van der Waals surface area contributed by atoms with Crippen LogP contribution in [0.5, 0.6) is 0 Å². The van der Waals surface area contributed by atoms with Crippen molar-refractivity contribution in [3.63, 3.8) is 0 Å². The molecule has 1 aromatic heterocycles. The first-order valence-corrected chi connectivity index (χ1v) is 5.46. The molecular formula is C11H21N3O. The van der Waals surface area contributed by atoms with Gasteiger partial charge in [0, 0.05) is 25.9 Å². The molecule has 0 amide bonds. The van der Waals surface area contributed by atoms with Crippen LogP contribution in [0.2, 0.25) is 0 Å². The fraction of sp³-hybridized carbons (Fsp3) is 0.727. The highest BCUT2D eigenvalue weighted by Gasteiger charge is 2.00. The highest BCUT2D eigenvalue weighted by atomic mass is 16.5. The maximum absolute atomic E-state index is 4.95. The standard InChI is InChI=1S/C11H21N3O/c1-10(2)14-9-11(8-13-14)4-5-12-6-7-15-3/h8-10,12H,4-7H2,1-3H3. The smallest absolute Gasteiger partial charge is 0.0587 e. The molecule has 86 valence electrons. The molecule has 0 aromatic carbocycles. The second-order valence-electron chi connectivity index (χ2n) is 3.92. The van der Waals surface area contributed by atoms with Gasteiger partial charge in [-0.1, -0.05) is 0 Å². The molecule has 0 fully saturated rings. The molecule has 0 aliphatic rings. The van der Waals surface area contributed by atoms with Gasteiger partial charge in [-0.05, 0) is 32.4 Å². The van der Waals surface area contributed by atoms with Gasteiger partial charge < -0.3 is 10.1 Å². The SMILES string of the molecule is COCCNCCc1cnn(C(C)C)c1. The lowest BCUT2D eigenvalue weighted by Gasteiger charge is -2.03. The van der Waals surface area contributed by atoms with Gasteiger partial charge in [0.2, 0.25) is 0 Å². The molecule has 0 bridgehead atoms. The average molecular weight is 211 g/mol. The molecule has 0 aliphatic heterocycles. The van der Waals surface area contributed by atoms with Gasteiger partial charge in [0.05, 0.1) is 12.8 Å². The lowest BCUT2D eigenvalue weighted by atomic mass is 10.2. The fourth-order valence-electron chi connectivity index (χ4n) is 1.32. The van der Waals surface area contributed by atoms with E-state index in [2.05, 4.69) is 30.5 Å². The molecule has 0 saturated heterocycles. The highest BCUT2D eigenvalue weighted by Crippen LogP contribution is 2.05. The van der Waals surface area contributed by atoms with Crippen LogP contribution in [0.4, 0.5) is 0 Å². The number of ether oxygens (including phenoxy) is 1. The lowest BCUT2D eigenvalue weighted by molar-refractivity contribution is 0.199. The first-order chi connectivity index (χ1) is 7.24. The number of nitrogens with zero attached hydrogens (tertiary/aromatic N) is 2. The Bertz CT molecular complexity index is 271. The summed E-state index contributed by atoms with van der Waals surface area (Å²) < 4.78 is 6.94. The van der Waals surface area contributed by atoms with Gasteiger partial charge in [-0.2, -0.15) is 5.10 Å². The molecule has 0 spiro atoms. The molecular weight excluding hydrogens is 190 g/mol. The molecule has 0 radical (unpaired) electrons. The van der Waals surface area contributed by atoms with Crippen molar-refractivity contribution >= 4 is 0 Å². The molecule has 0 atom stereocenters. The molecule has 15 heavy (non-hydrogen) atoms. The van der Waals surface area contributed by atoms with Crippen LogP contribution >= 0.6 is 0 Å². The number of aromatic nitrogens is 2. The van der Waals surface area contributed by atoms with Gasteiger partial charge >= 0.3 is 0 Å². The summed E-state index contributed by atoms with van der Waals surface area (Å²) in [6.07, 6.45) is 5.08. The normalized spacial score (nSPS) is 11.2. The van der Waals surface area contributed by atoms with Crippen molar-refractivity contribution in [2.45, 2.75) is 26.3 Å². The van der Waals surface area contributed by atoms with Gasteiger partial charge in [0.25, 0.3) is 0 Å². The summed E-state index contributed by atoms with van der Waals surface area (Å²) in [5.41, 5.74) is 1.29. The predicted molar refractivity (Wildman–Crippen MR) is 61.1 cm³/mol. The van der Waals surface area contributed by atoms with Gasteiger partial charge in [-0.25, -0.2) is 0 Å². The molecule has 1 N–H and O–H groups in total. The summed E-state index contributed by atoms with van der Waals surface area (Å²) in [6.45, 7) is 6.93. The number of hydrogen-bond acceptors (Lipinski definition) is 3. The Morgan fingerprint density at radius 2 is 2.27 bits per heavy atom. The minimum Gasteiger partial charge on any atom is -0.383 e. The number of hydrogen-bond donors (Lipinski definition) is 1. The Labute approximate surface area is 91.6 Å². The Balaban J connectivity index is 2.20. The third-order valence-electron chi connectivity index (χ3n) is 2.26. The molecule has 4 heteroatoms. The minimum atomic E-state index is 0.445. The highest BCUT2D eigenvalue weighted by molar-refractivity contribution is 5.04. The van der Waals surface area contributed by atoms with E-state index in [1.165, 1.54) is 5.56 Å². The van der Waals surface area contributed by atoms with Crippen molar-refractivity contribution in [1.82, 2.24) is 15.1 Å². The van der Waals surface area contributed by atoms with E-state index >= 15 is 0 Å². The summed E-state index contributed by atoms with van der Waals surface area (Å²) >= 11 is 0. The van der Waals surface area contributed by atoms with E-state index in [0.717, 1.165) is 26.1 Å². The van der Waals surface area contributed by atoms with Crippen molar-refractivity contribution in [3.8, 4) is 0 Å². The number of nitrogens with one attached hydrogen (secondary N) is 1. The fourth-order valence-corrected chi connectivity index (χ4v) is 1.32. The molecule has 4 nitrogen and oxygen atoms in total.